The predicted molar refractivity (Wildman–Crippen MR) is 62.2 cm³/mol. The number of nitrogens with zero attached hydrogens (tertiary/aromatic N) is 1. The molecule has 2 aliphatic rings. The summed E-state index contributed by atoms with van der Waals surface area (Å²) in [6.07, 6.45) is 6.80. The van der Waals surface area contributed by atoms with E-state index in [0.29, 0.717) is 11.0 Å². The molecular formula is C10H15N3S. The Morgan fingerprint density at radius 1 is 1.71 bits per heavy atom. The summed E-state index contributed by atoms with van der Waals surface area (Å²) in [5.74, 6) is 1.41. The second kappa shape index (κ2) is 4.09. The van der Waals surface area contributed by atoms with E-state index < -0.39 is 0 Å². The molecule has 0 aromatic carbocycles. The van der Waals surface area contributed by atoms with Crippen LogP contribution >= 0.6 is 12.2 Å². The summed E-state index contributed by atoms with van der Waals surface area (Å²) in [6, 6.07) is 0. The summed E-state index contributed by atoms with van der Waals surface area (Å²) in [4.78, 5) is 0. The molecule has 1 saturated carbocycles. The van der Waals surface area contributed by atoms with Crippen LogP contribution in [0.5, 0.6) is 0 Å². The van der Waals surface area contributed by atoms with E-state index in [1.54, 1.807) is 0 Å². The molecule has 0 spiro atoms. The normalized spacial score (nSPS) is 31.1. The molecule has 1 fully saturated rings. The van der Waals surface area contributed by atoms with Crippen molar-refractivity contribution in [3.63, 3.8) is 0 Å². The molecule has 0 amide bonds. The summed E-state index contributed by atoms with van der Waals surface area (Å²) in [5, 5.41) is 7.94. The molecule has 2 atom stereocenters. The molecule has 0 saturated heterocycles. The van der Waals surface area contributed by atoms with Crippen LogP contribution in [0.4, 0.5) is 0 Å². The standard InChI is InChI=1S/C10H15N3S/c1-2-11-10(14)13-12-9-6-7-4-3-5-8(7)9/h3-4,7-8H,2,5-6H2,1H3,(H2,11,13,14)/b12-9-/t7-,8-/m0/s1. The number of fused-ring (bicyclic) bond motifs is 1. The quantitative estimate of drug-likeness (QED) is 0.410. The van der Waals surface area contributed by atoms with Gasteiger partial charge < -0.3 is 5.32 Å². The molecule has 0 aromatic rings. The molecular weight excluding hydrogens is 194 g/mol. The largest absolute Gasteiger partial charge is 0.362 e. The SMILES string of the molecule is CCNC(=S)N/N=C1/C[C@@H]2C=CC[C@H]12. The second-order valence-electron chi connectivity index (χ2n) is 3.71. The Morgan fingerprint density at radius 3 is 3.29 bits per heavy atom. The third-order valence-electron chi connectivity index (χ3n) is 2.80. The van der Waals surface area contributed by atoms with Gasteiger partial charge in [0.15, 0.2) is 5.11 Å². The first-order valence-corrected chi connectivity index (χ1v) is 5.49. The first-order chi connectivity index (χ1) is 6.81. The maximum absolute atomic E-state index is 5.02. The molecule has 14 heavy (non-hydrogen) atoms. The fourth-order valence-electron chi connectivity index (χ4n) is 1.99. The van der Waals surface area contributed by atoms with Crippen molar-refractivity contribution >= 4 is 23.0 Å². The highest BCUT2D eigenvalue weighted by molar-refractivity contribution is 7.80. The molecule has 2 N–H and O–H groups in total. The van der Waals surface area contributed by atoms with Gasteiger partial charge in [0.25, 0.3) is 0 Å². The molecule has 76 valence electrons. The zero-order valence-electron chi connectivity index (χ0n) is 8.29. The molecule has 0 bridgehead atoms. The minimum atomic E-state index is 0.620. The molecule has 3 nitrogen and oxygen atoms in total. The van der Waals surface area contributed by atoms with Gasteiger partial charge in [0.05, 0.1) is 0 Å². The maximum Gasteiger partial charge on any atom is 0.186 e. The van der Waals surface area contributed by atoms with E-state index in [1.807, 2.05) is 6.92 Å². The van der Waals surface area contributed by atoms with E-state index in [-0.39, 0.29) is 0 Å². The van der Waals surface area contributed by atoms with Crippen molar-refractivity contribution in [3.05, 3.63) is 12.2 Å². The molecule has 0 heterocycles. The first kappa shape index (κ1) is 9.65. The maximum atomic E-state index is 5.02. The van der Waals surface area contributed by atoms with Crippen LogP contribution in [0.1, 0.15) is 19.8 Å². The van der Waals surface area contributed by atoms with Crippen molar-refractivity contribution in [1.82, 2.24) is 10.7 Å². The second-order valence-corrected chi connectivity index (χ2v) is 4.12. The van der Waals surface area contributed by atoms with Crippen molar-refractivity contribution < 1.29 is 0 Å². The zero-order chi connectivity index (χ0) is 9.97. The van der Waals surface area contributed by atoms with Crippen molar-refractivity contribution in [2.45, 2.75) is 19.8 Å². The molecule has 0 aliphatic heterocycles. The molecule has 4 heteroatoms. The summed E-state index contributed by atoms with van der Waals surface area (Å²) in [6.45, 7) is 2.85. The van der Waals surface area contributed by atoms with Gasteiger partial charge in [-0.05, 0) is 37.9 Å². The van der Waals surface area contributed by atoms with Gasteiger partial charge in [0.2, 0.25) is 0 Å². The van der Waals surface area contributed by atoms with E-state index >= 15 is 0 Å². The van der Waals surface area contributed by atoms with Crippen LogP contribution in [0.2, 0.25) is 0 Å². The Hall–Kier alpha value is -0.900. The highest BCUT2D eigenvalue weighted by Gasteiger charge is 2.37. The lowest BCUT2D eigenvalue weighted by atomic mass is 9.74. The Bertz CT molecular complexity index is 296. The van der Waals surface area contributed by atoms with Crippen LogP contribution in [0.3, 0.4) is 0 Å². The first-order valence-electron chi connectivity index (χ1n) is 5.08. The highest BCUT2D eigenvalue weighted by Crippen LogP contribution is 2.39. The number of hydrogen-bond donors (Lipinski definition) is 2. The topological polar surface area (TPSA) is 36.4 Å². The number of thiocarbonyl (C=S) groups is 1. The minimum Gasteiger partial charge on any atom is -0.362 e. The van der Waals surface area contributed by atoms with E-state index in [9.17, 15) is 0 Å². The minimum absolute atomic E-state index is 0.620. The Labute approximate surface area is 89.6 Å². The fourth-order valence-corrected chi connectivity index (χ4v) is 2.18. The van der Waals surface area contributed by atoms with Crippen LogP contribution in [-0.2, 0) is 0 Å². The smallest absolute Gasteiger partial charge is 0.186 e. The third-order valence-corrected chi connectivity index (χ3v) is 3.04. The average molecular weight is 209 g/mol. The molecule has 2 rings (SSSR count). The van der Waals surface area contributed by atoms with Crippen LogP contribution in [-0.4, -0.2) is 17.4 Å². The molecule has 0 unspecified atom stereocenters. The van der Waals surface area contributed by atoms with E-state index in [0.717, 1.165) is 25.3 Å². The monoisotopic (exact) mass is 209 g/mol. The zero-order valence-corrected chi connectivity index (χ0v) is 9.10. The molecule has 0 aromatic heterocycles. The van der Waals surface area contributed by atoms with Crippen molar-refractivity contribution in [2.24, 2.45) is 16.9 Å². The van der Waals surface area contributed by atoms with Gasteiger partial charge in [0, 0.05) is 18.2 Å². The van der Waals surface area contributed by atoms with Crippen molar-refractivity contribution in [3.8, 4) is 0 Å². The Balaban J connectivity index is 1.80. The summed E-state index contributed by atoms with van der Waals surface area (Å²) in [5.41, 5.74) is 4.14. The van der Waals surface area contributed by atoms with Crippen LogP contribution in [0.25, 0.3) is 0 Å². The number of nitrogens with one attached hydrogen (secondary N) is 2. The summed E-state index contributed by atoms with van der Waals surface area (Å²) < 4.78 is 0. The van der Waals surface area contributed by atoms with Gasteiger partial charge in [-0.15, -0.1) is 0 Å². The van der Waals surface area contributed by atoms with Crippen LogP contribution in [0.15, 0.2) is 17.3 Å². The summed E-state index contributed by atoms with van der Waals surface area (Å²) >= 11 is 5.02. The average Bonchev–Trinajstić information content (AvgIpc) is 2.48. The Kier molecular flexibility index (Phi) is 2.82. The van der Waals surface area contributed by atoms with Gasteiger partial charge in [-0.25, -0.2) is 0 Å². The lowest BCUT2D eigenvalue weighted by Gasteiger charge is -2.31. The third kappa shape index (κ3) is 1.80. The predicted octanol–water partition coefficient (Wildman–Crippen LogP) is 1.42. The molecule has 2 aliphatic carbocycles. The van der Waals surface area contributed by atoms with Crippen LogP contribution < -0.4 is 10.7 Å². The van der Waals surface area contributed by atoms with E-state index in [2.05, 4.69) is 28.0 Å². The number of allylic oxidation sites excluding steroid dienone is 2. The fraction of sp³-hybridized carbons (Fsp3) is 0.600. The Morgan fingerprint density at radius 2 is 2.57 bits per heavy atom. The number of hydrogen-bond acceptors (Lipinski definition) is 2. The summed E-state index contributed by atoms with van der Waals surface area (Å²) in [7, 11) is 0. The number of hydrazone groups is 1. The lowest BCUT2D eigenvalue weighted by Crippen LogP contribution is -2.38. The van der Waals surface area contributed by atoms with Gasteiger partial charge in [-0.3, -0.25) is 5.43 Å². The van der Waals surface area contributed by atoms with Gasteiger partial charge in [-0.1, -0.05) is 12.2 Å². The lowest BCUT2D eigenvalue weighted by molar-refractivity contribution is 0.463. The number of rotatable bonds is 2. The highest BCUT2D eigenvalue weighted by atomic mass is 32.1. The molecule has 0 radical (unpaired) electrons. The van der Waals surface area contributed by atoms with Crippen molar-refractivity contribution in [2.75, 3.05) is 6.54 Å². The van der Waals surface area contributed by atoms with Crippen LogP contribution in [0, 0.1) is 11.8 Å². The van der Waals surface area contributed by atoms with Gasteiger partial charge >= 0.3 is 0 Å². The van der Waals surface area contributed by atoms with Gasteiger partial charge in [0.1, 0.15) is 0 Å². The van der Waals surface area contributed by atoms with Crippen molar-refractivity contribution in [1.29, 1.82) is 0 Å². The van der Waals surface area contributed by atoms with Gasteiger partial charge in [-0.2, -0.15) is 5.10 Å². The van der Waals surface area contributed by atoms with E-state index in [4.69, 9.17) is 12.2 Å². The van der Waals surface area contributed by atoms with E-state index in [1.165, 1.54) is 5.71 Å².